The Balaban J connectivity index is 1.26. The highest BCUT2D eigenvalue weighted by Crippen LogP contribution is 2.44. The molecule has 0 spiro atoms. The molecule has 7 rings (SSSR count). The number of carbonyl (C=O) groups excluding carboxylic acids is 1. The van der Waals surface area contributed by atoms with Gasteiger partial charge in [0.05, 0.1) is 17.9 Å². The van der Waals surface area contributed by atoms with Crippen molar-refractivity contribution in [2.75, 3.05) is 25.5 Å². The monoisotopic (exact) mass is 561 g/mol. The van der Waals surface area contributed by atoms with Crippen LogP contribution in [0.25, 0.3) is 16.9 Å². The maximum Gasteiger partial charge on any atom is 0.387 e. The first-order valence-corrected chi connectivity index (χ1v) is 13.1. The molecule has 1 amide bonds. The zero-order valence-electron chi connectivity index (χ0n) is 21.9. The van der Waals surface area contributed by atoms with Crippen molar-refractivity contribution in [1.82, 2.24) is 49.5 Å². The largest absolute Gasteiger partial charge is 0.434 e. The van der Waals surface area contributed by atoms with Crippen LogP contribution in [0.15, 0.2) is 49.1 Å². The Morgan fingerprint density at radius 3 is 2.85 bits per heavy atom. The quantitative estimate of drug-likeness (QED) is 0.288. The lowest BCUT2D eigenvalue weighted by molar-refractivity contribution is -0.0494. The molecule has 1 saturated heterocycles. The Labute approximate surface area is 231 Å². The molecule has 1 aromatic carbocycles. The highest BCUT2D eigenvalue weighted by atomic mass is 19.3. The first-order valence-electron chi connectivity index (χ1n) is 13.1. The molecule has 1 N–H and O–H groups in total. The van der Waals surface area contributed by atoms with Crippen molar-refractivity contribution in [2.24, 2.45) is 0 Å². The average Bonchev–Trinajstić information content (AvgIpc) is 3.34. The van der Waals surface area contributed by atoms with Gasteiger partial charge in [-0.05, 0) is 54.8 Å². The molecule has 41 heavy (non-hydrogen) atoms. The van der Waals surface area contributed by atoms with E-state index < -0.39 is 12.5 Å². The van der Waals surface area contributed by atoms with Crippen LogP contribution in [0.1, 0.15) is 46.5 Å². The summed E-state index contributed by atoms with van der Waals surface area (Å²) in [6.07, 6.45) is 8.32. The minimum absolute atomic E-state index is 0.0408. The minimum atomic E-state index is -3.03. The van der Waals surface area contributed by atoms with Gasteiger partial charge in [0, 0.05) is 37.2 Å². The molecule has 2 fully saturated rings. The van der Waals surface area contributed by atoms with E-state index in [4.69, 9.17) is 4.74 Å². The second-order valence-electron chi connectivity index (χ2n) is 10.3. The van der Waals surface area contributed by atoms with Gasteiger partial charge < -0.3 is 15.0 Å². The standard InChI is InChI=1S/C26H25F2N11O2/c1-36-11-17(12-36)39-33-22(32-35-39)14-37-13-20(31-25(40)19-10-30-38-8-2-7-29-24(19)38)23(34-37)18-9-16(15-3-4-15)5-6-21(18)41-26(27)28/h2,5-10,13,15,17,26H,3-4,11-12,14H2,1H3,(H,31,40). The smallest absolute Gasteiger partial charge is 0.387 e. The average molecular weight is 562 g/mol. The number of tetrazole rings is 1. The Morgan fingerprint density at radius 2 is 2.07 bits per heavy atom. The molecule has 5 aromatic rings. The molecule has 1 aliphatic heterocycles. The summed E-state index contributed by atoms with van der Waals surface area (Å²) in [5, 5.41) is 24.6. The van der Waals surface area contributed by atoms with Crippen LogP contribution in [0.5, 0.6) is 5.75 Å². The van der Waals surface area contributed by atoms with Gasteiger partial charge in [0.15, 0.2) is 11.5 Å². The zero-order chi connectivity index (χ0) is 28.1. The van der Waals surface area contributed by atoms with E-state index in [1.807, 2.05) is 7.05 Å². The number of carbonyl (C=O) groups is 1. The third kappa shape index (κ3) is 4.99. The van der Waals surface area contributed by atoms with Gasteiger partial charge in [0.25, 0.3) is 5.91 Å². The Hall–Kier alpha value is -4.79. The highest BCUT2D eigenvalue weighted by molar-refractivity contribution is 6.09. The fourth-order valence-corrected chi connectivity index (χ4v) is 5.00. The van der Waals surface area contributed by atoms with Crippen LogP contribution in [-0.2, 0) is 6.54 Å². The summed E-state index contributed by atoms with van der Waals surface area (Å²) in [4.78, 5) is 21.4. The number of rotatable bonds is 9. The number of likely N-dealkylation sites (N-methyl/N-ethyl adjacent to an activating group) is 1. The van der Waals surface area contributed by atoms with Gasteiger partial charge in [0.2, 0.25) is 0 Å². The van der Waals surface area contributed by atoms with Gasteiger partial charge in [-0.3, -0.25) is 9.48 Å². The SMILES string of the molecule is CN1CC(n2nnc(Cn3cc(NC(=O)c4cnn5cccnc45)c(-c4cc(C5CC5)ccc4OC(F)F)n3)n2)C1. The predicted molar refractivity (Wildman–Crippen MR) is 141 cm³/mol. The van der Waals surface area contributed by atoms with Crippen molar-refractivity contribution in [3.05, 3.63) is 66.0 Å². The van der Waals surface area contributed by atoms with E-state index in [0.717, 1.165) is 31.5 Å². The Kier molecular flexibility index (Phi) is 6.14. The lowest BCUT2D eigenvalue weighted by Crippen LogP contribution is -2.45. The lowest BCUT2D eigenvalue weighted by Gasteiger charge is -2.34. The van der Waals surface area contributed by atoms with Crippen LogP contribution in [0.4, 0.5) is 14.5 Å². The normalized spacial score (nSPS) is 15.9. The van der Waals surface area contributed by atoms with E-state index in [1.165, 1.54) is 16.8 Å². The maximum absolute atomic E-state index is 13.4. The van der Waals surface area contributed by atoms with Crippen LogP contribution < -0.4 is 10.1 Å². The molecule has 13 nitrogen and oxygen atoms in total. The molecule has 1 saturated carbocycles. The Bertz CT molecular complexity index is 1740. The van der Waals surface area contributed by atoms with Crippen molar-refractivity contribution in [2.45, 2.75) is 38.0 Å². The van der Waals surface area contributed by atoms with Gasteiger partial charge in [0.1, 0.15) is 23.6 Å². The van der Waals surface area contributed by atoms with Crippen LogP contribution in [0.3, 0.4) is 0 Å². The topological polar surface area (TPSA) is 133 Å². The highest BCUT2D eigenvalue weighted by Gasteiger charge is 2.29. The molecule has 210 valence electrons. The van der Waals surface area contributed by atoms with Crippen LogP contribution in [-0.4, -0.2) is 82.1 Å². The van der Waals surface area contributed by atoms with Crippen molar-refractivity contribution in [3.8, 4) is 17.0 Å². The summed E-state index contributed by atoms with van der Waals surface area (Å²) in [6.45, 7) is -1.21. The molecule has 0 bridgehead atoms. The van der Waals surface area contributed by atoms with Gasteiger partial charge in [-0.1, -0.05) is 6.07 Å². The summed E-state index contributed by atoms with van der Waals surface area (Å²) in [5.41, 5.74) is 2.53. The van der Waals surface area contributed by atoms with E-state index in [2.05, 4.69) is 40.8 Å². The molecular weight excluding hydrogens is 536 g/mol. The third-order valence-corrected chi connectivity index (χ3v) is 7.20. The molecular formula is C26H25F2N11O2. The van der Waals surface area contributed by atoms with Gasteiger partial charge in [-0.15, -0.1) is 10.2 Å². The van der Waals surface area contributed by atoms with E-state index in [9.17, 15) is 13.6 Å². The lowest BCUT2D eigenvalue weighted by atomic mass is 10.0. The van der Waals surface area contributed by atoms with Crippen molar-refractivity contribution >= 4 is 17.2 Å². The number of alkyl halides is 2. The van der Waals surface area contributed by atoms with Crippen molar-refractivity contribution in [3.63, 3.8) is 0 Å². The third-order valence-electron chi connectivity index (χ3n) is 7.20. The molecule has 0 unspecified atom stereocenters. The number of anilines is 1. The van der Waals surface area contributed by atoms with E-state index in [-0.39, 0.29) is 29.6 Å². The first-order chi connectivity index (χ1) is 19.9. The number of halogens is 2. The second kappa shape index (κ2) is 9.99. The number of amides is 1. The summed E-state index contributed by atoms with van der Waals surface area (Å²) in [5.74, 6) is 0.256. The van der Waals surface area contributed by atoms with Gasteiger partial charge in [-0.25, -0.2) is 9.50 Å². The minimum Gasteiger partial charge on any atom is -0.434 e. The number of fused-ring (bicyclic) bond motifs is 1. The summed E-state index contributed by atoms with van der Waals surface area (Å²) >= 11 is 0. The van der Waals surface area contributed by atoms with Crippen molar-refractivity contribution < 1.29 is 18.3 Å². The fourth-order valence-electron chi connectivity index (χ4n) is 5.00. The van der Waals surface area contributed by atoms with Gasteiger partial charge in [-0.2, -0.15) is 23.8 Å². The summed E-state index contributed by atoms with van der Waals surface area (Å²) in [6, 6.07) is 6.98. The van der Waals surface area contributed by atoms with E-state index in [0.29, 0.717) is 28.6 Å². The number of nitrogens with zero attached hydrogens (tertiary/aromatic N) is 10. The molecule has 0 atom stereocenters. The maximum atomic E-state index is 13.4. The number of hydrogen-bond acceptors (Lipinski definition) is 9. The second-order valence-corrected chi connectivity index (χ2v) is 10.3. The number of nitrogens with one attached hydrogen (secondary N) is 1. The summed E-state index contributed by atoms with van der Waals surface area (Å²) < 4.78 is 34.7. The number of ether oxygens (including phenoxy) is 1. The van der Waals surface area contributed by atoms with E-state index in [1.54, 1.807) is 46.3 Å². The van der Waals surface area contributed by atoms with Gasteiger partial charge >= 0.3 is 6.61 Å². The molecule has 15 heteroatoms. The Morgan fingerprint density at radius 1 is 1.22 bits per heavy atom. The zero-order valence-corrected chi connectivity index (χ0v) is 21.9. The number of benzene rings is 1. The van der Waals surface area contributed by atoms with Crippen LogP contribution >= 0.6 is 0 Å². The fraction of sp³-hybridized carbons (Fsp3) is 0.346. The van der Waals surface area contributed by atoms with Crippen LogP contribution in [0, 0.1) is 0 Å². The predicted octanol–water partition coefficient (Wildman–Crippen LogP) is 2.85. The van der Waals surface area contributed by atoms with Crippen molar-refractivity contribution in [1.29, 1.82) is 0 Å². The molecule has 5 heterocycles. The number of likely N-dealkylation sites (tertiary alicyclic amines) is 1. The molecule has 4 aromatic heterocycles. The first kappa shape index (κ1) is 25.2. The number of hydrogen-bond donors (Lipinski definition) is 1. The number of aromatic nitrogens is 9. The van der Waals surface area contributed by atoms with E-state index >= 15 is 0 Å². The molecule has 1 aliphatic carbocycles. The van der Waals surface area contributed by atoms with Crippen LogP contribution in [0.2, 0.25) is 0 Å². The molecule has 2 aliphatic rings. The summed E-state index contributed by atoms with van der Waals surface area (Å²) in [7, 11) is 2.02. The molecule has 0 radical (unpaired) electrons.